The van der Waals surface area contributed by atoms with E-state index in [2.05, 4.69) is 70.6 Å². The molecule has 0 spiro atoms. The molecule has 0 radical (unpaired) electrons. The Labute approximate surface area is 202 Å². The Balaban J connectivity index is 1.06. The molecular weight excluding hydrogens is 422 g/mol. The average Bonchev–Trinajstić information content (AvgIpc) is 3.25. The van der Waals surface area contributed by atoms with E-state index in [1.807, 2.05) is 18.2 Å². The molecular formula is C29H33N3O2. The number of carbonyl (C=O) groups excluding carboxylic acids is 1. The summed E-state index contributed by atoms with van der Waals surface area (Å²) in [6, 6.07) is 23.2. The minimum Gasteiger partial charge on any atom is -0.494 e. The van der Waals surface area contributed by atoms with E-state index in [0.29, 0.717) is 13.2 Å². The molecule has 34 heavy (non-hydrogen) atoms. The zero-order chi connectivity index (χ0) is 23.3. The van der Waals surface area contributed by atoms with Crippen molar-refractivity contribution in [2.75, 3.05) is 44.2 Å². The first-order chi connectivity index (χ1) is 16.7. The summed E-state index contributed by atoms with van der Waals surface area (Å²) < 4.78 is 5.90. The van der Waals surface area contributed by atoms with Gasteiger partial charge in [-0.2, -0.15) is 0 Å². The Hall–Kier alpha value is -3.31. The van der Waals surface area contributed by atoms with E-state index in [1.165, 1.54) is 22.4 Å². The Bertz CT molecular complexity index is 1140. The van der Waals surface area contributed by atoms with Gasteiger partial charge < -0.3 is 15.0 Å². The number of fused-ring (bicyclic) bond motifs is 1. The van der Waals surface area contributed by atoms with Gasteiger partial charge in [-0.3, -0.25) is 9.69 Å². The molecule has 1 N–H and O–H groups in total. The fourth-order valence-corrected chi connectivity index (χ4v) is 5.02. The first kappa shape index (κ1) is 22.5. The Morgan fingerprint density at radius 2 is 1.71 bits per heavy atom. The van der Waals surface area contributed by atoms with Crippen LogP contribution in [0.3, 0.4) is 0 Å². The molecule has 1 amide bonds. The highest BCUT2D eigenvalue weighted by Gasteiger charge is 2.20. The molecule has 5 nitrogen and oxygen atoms in total. The molecule has 0 saturated carbocycles. The van der Waals surface area contributed by atoms with Crippen molar-refractivity contribution in [1.29, 1.82) is 0 Å². The van der Waals surface area contributed by atoms with Gasteiger partial charge in [-0.1, -0.05) is 48.5 Å². The van der Waals surface area contributed by atoms with Gasteiger partial charge >= 0.3 is 0 Å². The Morgan fingerprint density at radius 1 is 0.882 bits per heavy atom. The lowest BCUT2D eigenvalue weighted by atomic mass is 9.98. The summed E-state index contributed by atoms with van der Waals surface area (Å²) in [5, 5.41) is 2.85. The van der Waals surface area contributed by atoms with Gasteiger partial charge in [0.15, 0.2) is 0 Å². The maximum Gasteiger partial charge on any atom is 0.252 e. The molecule has 176 valence electrons. The Kier molecular flexibility index (Phi) is 6.82. The lowest BCUT2D eigenvalue weighted by molar-refractivity contribution is 0.0965. The molecule has 0 aromatic heterocycles. The van der Waals surface area contributed by atoms with Gasteiger partial charge in [-0.05, 0) is 66.8 Å². The van der Waals surface area contributed by atoms with Crippen molar-refractivity contribution in [3.63, 3.8) is 0 Å². The van der Waals surface area contributed by atoms with Gasteiger partial charge in [0.05, 0.1) is 6.61 Å². The van der Waals surface area contributed by atoms with E-state index in [0.717, 1.165) is 62.4 Å². The van der Waals surface area contributed by atoms with E-state index in [9.17, 15) is 4.79 Å². The predicted octanol–water partition coefficient (Wildman–Crippen LogP) is 4.89. The highest BCUT2D eigenvalue weighted by molar-refractivity contribution is 5.98. The molecule has 5 rings (SSSR count). The van der Waals surface area contributed by atoms with Crippen molar-refractivity contribution in [1.82, 2.24) is 10.2 Å². The molecule has 3 aromatic carbocycles. The molecule has 0 unspecified atom stereocenters. The van der Waals surface area contributed by atoms with Crippen molar-refractivity contribution in [3.8, 4) is 16.9 Å². The van der Waals surface area contributed by atoms with Crippen LogP contribution in [0.2, 0.25) is 0 Å². The lowest BCUT2D eigenvalue weighted by Crippen LogP contribution is -2.46. The van der Waals surface area contributed by atoms with Crippen LogP contribution in [0.1, 0.15) is 34.3 Å². The largest absolute Gasteiger partial charge is 0.494 e. The third-order valence-electron chi connectivity index (χ3n) is 7.01. The number of hydrogen-bond donors (Lipinski definition) is 1. The van der Waals surface area contributed by atoms with Crippen LogP contribution in [0, 0.1) is 6.92 Å². The van der Waals surface area contributed by atoms with E-state index < -0.39 is 0 Å². The van der Waals surface area contributed by atoms with Crippen LogP contribution in [0.4, 0.5) is 5.69 Å². The number of anilines is 1. The number of amides is 1. The van der Waals surface area contributed by atoms with Crippen LogP contribution < -0.4 is 15.0 Å². The monoisotopic (exact) mass is 455 g/mol. The summed E-state index contributed by atoms with van der Waals surface area (Å²) in [4.78, 5) is 16.9. The summed E-state index contributed by atoms with van der Waals surface area (Å²) >= 11 is 0. The highest BCUT2D eigenvalue weighted by Crippen LogP contribution is 2.31. The minimum atomic E-state index is 0.00146. The number of rotatable bonds is 8. The van der Waals surface area contributed by atoms with Crippen LogP contribution in [0.15, 0.2) is 66.7 Å². The summed E-state index contributed by atoms with van der Waals surface area (Å²) in [6.45, 7) is 8.97. The average molecular weight is 456 g/mol. The number of piperazine rings is 1. The second-order valence-corrected chi connectivity index (χ2v) is 9.20. The number of benzene rings is 3. The van der Waals surface area contributed by atoms with E-state index in [-0.39, 0.29) is 5.91 Å². The van der Waals surface area contributed by atoms with E-state index in [1.54, 1.807) is 0 Å². The molecule has 5 heteroatoms. The zero-order valence-corrected chi connectivity index (χ0v) is 19.9. The molecule has 2 heterocycles. The maximum absolute atomic E-state index is 11.8. The van der Waals surface area contributed by atoms with Crippen molar-refractivity contribution >= 4 is 11.6 Å². The van der Waals surface area contributed by atoms with Gasteiger partial charge in [-0.15, -0.1) is 0 Å². The first-order valence-electron chi connectivity index (χ1n) is 12.4. The van der Waals surface area contributed by atoms with Crippen LogP contribution in [-0.4, -0.2) is 50.1 Å². The normalized spacial score (nSPS) is 15.8. The molecule has 0 aliphatic carbocycles. The third kappa shape index (κ3) is 4.95. The molecule has 1 saturated heterocycles. The standard InChI is InChI=1S/C29H33N3O2/c1-22-26(23-8-3-2-4-9-23)10-7-11-28(22)32-17-15-31(16-18-32)14-5-6-19-34-25-13-12-24-21-30-29(33)27(24)20-25/h2-4,7-13,20H,5-6,14-19,21H2,1H3,(H,30,33). The number of ether oxygens (including phenoxy) is 1. The quantitative estimate of drug-likeness (QED) is 0.492. The van der Waals surface area contributed by atoms with Gasteiger partial charge in [0, 0.05) is 44.0 Å². The lowest BCUT2D eigenvalue weighted by Gasteiger charge is -2.37. The van der Waals surface area contributed by atoms with Gasteiger partial charge in [0.2, 0.25) is 0 Å². The number of nitrogens with zero attached hydrogens (tertiary/aromatic N) is 2. The first-order valence-corrected chi connectivity index (χ1v) is 12.4. The zero-order valence-electron chi connectivity index (χ0n) is 19.9. The van der Waals surface area contributed by atoms with Crippen LogP contribution in [-0.2, 0) is 6.54 Å². The summed E-state index contributed by atoms with van der Waals surface area (Å²) in [7, 11) is 0. The second kappa shape index (κ2) is 10.3. The maximum atomic E-state index is 11.8. The summed E-state index contributed by atoms with van der Waals surface area (Å²) in [6.07, 6.45) is 2.13. The Morgan fingerprint density at radius 3 is 2.53 bits per heavy atom. The molecule has 1 fully saturated rings. The van der Waals surface area contributed by atoms with Gasteiger partial charge in [0.25, 0.3) is 5.91 Å². The minimum absolute atomic E-state index is 0.00146. The van der Waals surface area contributed by atoms with Gasteiger partial charge in [-0.25, -0.2) is 0 Å². The molecule has 2 aliphatic heterocycles. The number of hydrogen-bond acceptors (Lipinski definition) is 4. The fourth-order valence-electron chi connectivity index (χ4n) is 5.02. The van der Waals surface area contributed by atoms with Crippen LogP contribution >= 0.6 is 0 Å². The smallest absolute Gasteiger partial charge is 0.252 e. The fraction of sp³-hybridized carbons (Fsp3) is 0.345. The van der Waals surface area contributed by atoms with Crippen molar-refractivity contribution < 1.29 is 9.53 Å². The number of nitrogens with one attached hydrogen (secondary N) is 1. The van der Waals surface area contributed by atoms with Crippen molar-refractivity contribution in [3.05, 3.63) is 83.4 Å². The SMILES string of the molecule is Cc1c(-c2ccccc2)cccc1N1CCN(CCCCOc2ccc3c(c2)C(=O)NC3)CC1. The van der Waals surface area contributed by atoms with Crippen molar-refractivity contribution in [2.45, 2.75) is 26.3 Å². The van der Waals surface area contributed by atoms with E-state index >= 15 is 0 Å². The van der Waals surface area contributed by atoms with Crippen LogP contribution in [0.25, 0.3) is 11.1 Å². The van der Waals surface area contributed by atoms with Crippen molar-refractivity contribution in [2.24, 2.45) is 0 Å². The molecule has 3 aromatic rings. The second-order valence-electron chi connectivity index (χ2n) is 9.20. The van der Waals surface area contributed by atoms with Gasteiger partial charge in [0.1, 0.15) is 5.75 Å². The summed E-state index contributed by atoms with van der Waals surface area (Å²) in [5.41, 5.74) is 7.13. The number of carbonyl (C=O) groups is 1. The highest BCUT2D eigenvalue weighted by atomic mass is 16.5. The number of unbranched alkanes of at least 4 members (excludes halogenated alkanes) is 1. The molecule has 2 aliphatic rings. The van der Waals surface area contributed by atoms with Crippen LogP contribution in [0.5, 0.6) is 5.75 Å². The topological polar surface area (TPSA) is 44.8 Å². The third-order valence-corrected chi connectivity index (χ3v) is 7.01. The molecule has 0 bridgehead atoms. The summed E-state index contributed by atoms with van der Waals surface area (Å²) in [5.74, 6) is 0.791. The predicted molar refractivity (Wildman–Crippen MR) is 138 cm³/mol. The molecule has 0 atom stereocenters. The van der Waals surface area contributed by atoms with E-state index in [4.69, 9.17) is 4.74 Å².